The third-order valence-corrected chi connectivity index (χ3v) is 4.07. The summed E-state index contributed by atoms with van der Waals surface area (Å²) in [6.45, 7) is 1.81. The maximum atomic E-state index is 12.7. The second kappa shape index (κ2) is 9.88. The van der Waals surface area contributed by atoms with Crippen LogP contribution in [0.1, 0.15) is 27.4 Å². The van der Waals surface area contributed by atoms with E-state index in [1.807, 2.05) is 13.0 Å². The standard InChI is InChI=1S/C23H21N3O4/c1-16-8-11-20(30-16)15-24-26-23(28)21(14-17-9-12-19(29-2)13-10-17)25-22(27)18-6-4-3-5-7-18/h3-15H,1-2H3,(H,25,27)(H,26,28). The van der Waals surface area contributed by atoms with Crippen LogP contribution in [-0.4, -0.2) is 25.1 Å². The van der Waals surface area contributed by atoms with Crippen LogP contribution in [0.4, 0.5) is 0 Å². The summed E-state index contributed by atoms with van der Waals surface area (Å²) in [5.41, 5.74) is 3.59. The Kier molecular flexibility index (Phi) is 6.78. The molecule has 0 bridgehead atoms. The van der Waals surface area contributed by atoms with Gasteiger partial charge in [-0.05, 0) is 55.0 Å². The Morgan fingerprint density at radius 3 is 2.37 bits per heavy atom. The van der Waals surface area contributed by atoms with Crippen LogP contribution in [0.15, 0.2) is 81.9 Å². The molecule has 0 spiro atoms. The molecule has 0 aliphatic carbocycles. The van der Waals surface area contributed by atoms with E-state index in [1.54, 1.807) is 73.8 Å². The van der Waals surface area contributed by atoms with Crippen molar-refractivity contribution in [2.24, 2.45) is 5.10 Å². The predicted molar refractivity (Wildman–Crippen MR) is 114 cm³/mol. The van der Waals surface area contributed by atoms with Crippen LogP contribution in [0, 0.1) is 6.92 Å². The van der Waals surface area contributed by atoms with Crippen molar-refractivity contribution in [2.75, 3.05) is 7.11 Å². The van der Waals surface area contributed by atoms with Gasteiger partial charge in [-0.25, -0.2) is 5.43 Å². The van der Waals surface area contributed by atoms with E-state index in [-0.39, 0.29) is 5.70 Å². The maximum absolute atomic E-state index is 12.7. The van der Waals surface area contributed by atoms with Crippen LogP contribution in [0.5, 0.6) is 5.75 Å². The van der Waals surface area contributed by atoms with Crippen molar-refractivity contribution in [3.8, 4) is 5.75 Å². The summed E-state index contributed by atoms with van der Waals surface area (Å²) in [6.07, 6.45) is 2.94. The van der Waals surface area contributed by atoms with Crippen molar-refractivity contribution >= 4 is 24.1 Å². The van der Waals surface area contributed by atoms with E-state index in [4.69, 9.17) is 9.15 Å². The first-order valence-electron chi connectivity index (χ1n) is 9.17. The third-order valence-electron chi connectivity index (χ3n) is 4.07. The fraction of sp³-hybridized carbons (Fsp3) is 0.0870. The molecule has 152 valence electrons. The molecule has 2 N–H and O–H groups in total. The minimum Gasteiger partial charge on any atom is -0.497 e. The van der Waals surface area contributed by atoms with Gasteiger partial charge in [0.1, 0.15) is 23.0 Å². The lowest BCUT2D eigenvalue weighted by atomic mass is 10.1. The molecular formula is C23H21N3O4. The van der Waals surface area contributed by atoms with Gasteiger partial charge in [0.25, 0.3) is 11.8 Å². The fourth-order valence-electron chi connectivity index (χ4n) is 2.55. The molecule has 0 atom stereocenters. The van der Waals surface area contributed by atoms with Crippen molar-refractivity contribution in [3.63, 3.8) is 0 Å². The van der Waals surface area contributed by atoms with Crippen molar-refractivity contribution in [1.29, 1.82) is 0 Å². The number of carbonyl (C=O) groups excluding carboxylic acids is 2. The average molecular weight is 403 g/mol. The number of hydrogen-bond acceptors (Lipinski definition) is 5. The molecule has 1 heterocycles. The molecule has 1 aromatic heterocycles. The highest BCUT2D eigenvalue weighted by Gasteiger charge is 2.14. The van der Waals surface area contributed by atoms with Crippen LogP contribution in [0.25, 0.3) is 6.08 Å². The lowest BCUT2D eigenvalue weighted by Crippen LogP contribution is -2.32. The number of ether oxygens (including phenoxy) is 1. The SMILES string of the molecule is COc1ccc(C=C(NC(=O)c2ccccc2)C(=O)NN=Cc2ccc(C)o2)cc1. The second-order valence-corrected chi connectivity index (χ2v) is 6.30. The molecule has 30 heavy (non-hydrogen) atoms. The molecule has 2 aromatic carbocycles. The molecule has 7 nitrogen and oxygen atoms in total. The Hall–Kier alpha value is -4.13. The van der Waals surface area contributed by atoms with Gasteiger partial charge in [0.05, 0.1) is 13.3 Å². The number of nitrogens with one attached hydrogen (secondary N) is 2. The highest BCUT2D eigenvalue weighted by atomic mass is 16.5. The van der Waals surface area contributed by atoms with Crippen molar-refractivity contribution in [1.82, 2.24) is 10.7 Å². The lowest BCUT2D eigenvalue weighted by Gasteiger charge is -2.09. The van der Waals surface area contributed by atoms with Gasteiger partial charge in [0.15, 0.2) is 0 Å². The zero-order chi connectivity index (χ0) is 21.3. The molecule has 0 saturated heterocycles. The van der Waals surface area contributed by atoms with Crippen molar-refractivity contribution in [2.45, 2.75) is 6.92 Å². The summed E-state index contributed by atoms with van der Waals surface area (Å²) in [7, 11) is 1.57. The molecule has 3 rings (SSSR count). The van der Waals surface area contributed by atoms with Crippen LogP contribution in [0.3, 0.4) is 0 Å². The van der Waals surface area contributed by atoms with E-state index in [1.165, 1.54) is 6.21 Å². The Morgan fingerprint density at radius 2 is 1.73 bits per heavy atom. The van der Waals surface area contributed by atoms with E-state index in [2.05, 4.69) is 15.8 Å². The van der Waals surface area contributed by atoms with Crippen LogP contribution in [0.2, 0.25) is 0 Å². The van der Waals surface area contributed by atoms with Gasteiger partial charge >= 0.3 is 0 Å². The molecule has 7 heteroatoms. The molecule has 0 saturated carbocycles. The summed E-state index contributed by atoms with van der Waals surface area (Å²) >= 11 is 0. The van der Waals surface area contributed by atoms with Gasteiger partial charge in [-0.1, -0.05) is 30.3 Å². The van der Waals surface area contributed by atoms with Gasteiger partial charge < -0.3 is 14.5 Å². The first-order chi connectivity index (χ1) is 14.5. The molecule has 3 aromatic rings. The fourth-order valence-corrected chi connectivity index (χ4v) is 2.55. The van der Waals surface area contributed by atoms with Gasteiger partial charge in [0, 0.05) is 5.56 Å². The van der Waals surface area contributed by atoms with Gasteiger partial charge in [-0.15, -0.1) is 0 Å². The van der Waals surface area contributed by atoms with Gasteiger partial charge in [0.2, 0.25) is 0 Å². The van der Waals surface area contributed by atoms with E-state index in [0.717, 1.165) is 5.76 Å². The summed E-state index contributed by atoms with van der Waals surface area (Å²) in [5.74, 6) is 0.940. The summed E-state index contributed by atoms with van der Waals surface area (Å²) < 4.78 is 10.5. The minimum absolute atomic E-state index is 0.0433. The number of aryl methyl sites for hydroxylation is 1. The molecular weight excluding hydrogens is 382 g/mol. The number of hydrazone groups is 1. The zero-order valence-corrected chi connectivity index (χ0v) is 16.6. The number of amides is 2. The minimum atomic E-state index is -0.574. The molecule has 0 aliphatic rings. The van der Waals surface area contributed by atoms with E-state index >= 15 is 0 Å². The molecule has 2 amide bonds. The molecule has 0 fully saturated rings. The number of carbonyl (C=O) groups is 2. The topological polar surface area (TPSA) is 92.9 Å². The number of rotatable bonds is 7. The predicted octanol–water partition coefficient (Wildman–Crippen LogP) is 3.52. The first-order valence-corrected chi connectivity index (χ1v) is 9.17. The van der Waals surface area contributed by atoms with Crippen molar-refractivity contribution in [3.05, 3.63) is 95.1 Å². The highest BCUT2D eigenvalue weighted by molar-refractivity contribution is 6.05. The largest absolute Gasteiger partial charge is 0.497 e. The second-order valence-electron chi connectivity index (χ2n) is 6.30. The monoisotopic (exact) mass is 403 g/mol. The number of hydrogen-bond donors (Lipinski definition) is 2. The number of benzene rings is 2. The van der Waals surface area contributed by atoms with Crippen LogP contribution in [-0.2, 0) is 4.79 Å². The normalized spacial score (nSPS) is 11.3. The van der Waals surface area contributed by atoms with Gasteiger partial charge in [-0.2, -0.15) is 5.10 Å². The molecule has 0 aliphatic heterocycles. The van der Waals surface area contributed by atoms with E-state index in [0.29, 0.717) is 22.6 Å². The summed E-state index contributed by atoms with van der Waals surface area (Å²) in [6, 6.07) is 19.2. The summed E-state index contributed by atoms with van der Waals surface area (Å²) in [4.78, 5) is 25.2. The van der Waals surface area contributed by atoms with Gasteiger partial charge in [-0.3, -0.25) is 9.59 Å². The Balaban J connectivity index is 1.79. The number of methoxy groups -OCH3 is 1. The average Bonchev–Trinajstić information content (AvgIpc) is 3.19. The molecule has 0 radical (unpaired) electrons. The maximum Gasteiger partial charge on any atom is 0.287 e. The van der Waals surface area contributed by atoms with Crippen LogP contribution < -0.4 is 15.5 Å². The van der Waals surface area contributed by atoms with Crippen LogP contribution >= 0.6 is 0 Å². The first kappa shape index (κ1) is 20.6. The Morgan fingerprint density at radius 1 is 1.00 bits per heavy atom. The Bertz CT molecular complexity index is 1070. The third kappa shape index (κ3) is 5.68. The summed E-state index contributed by atoms with van der Waals surface area (Å²) in [5, 5.41) is 6.54. The Labute approximate surface area is 174 Å². The van der Waals surface area contributed by atoms with E-state index in [9.17, 15) is 9.59 Å². The smallest absolute Gasteiger partial charge is 0.287 e. The molecule has 0 unspecified atom stereocenters. The number of nitrogens with zero attached hydrogens (tertiary/aromatic N) is 1. The lowest BCUT2D eigenvalue weighted by molar-refractivity contribution is -0.117. The quantitative estimate of drug-likeness (QED) is 0.359. The van der Waals surface area contributed by atoms with E-state index < -0.39 is 11.8 Å². The number of furan rings is 1. The van der Waals surface area contributed by atoms with Crippen molar-refractivity contribution < 1.29 is 18.7 Å². The zero-order valence-electron chi connectivity index (χ0n) is 16.6. The highest BCUT2D eigenvalue weighted by Crippen LogP contribution is 2.14.